The number of thiazole rings is 1. The number of anilines is 1. The van der Waals surface area contributed by atoms with Crippen molar-refractivity contribution in [2.75, 3.05) is 12.8 Å². The Balaban J connectivity index is 2.57. The highest BCUT2D eigenvalue weighted by Gasteiger charge is 2.03. The fraction of sp³-hybridized carbons (Fsp3) is 0.333. The number of hydrogen-bond acceptors (Lipinski definition) is 4. The third kappa shape index (κ3) is 2.19. The Hall–Kier alpha value is -1.10. The Morgan fingerprint density at radius 2 is 2.64 bits per heavy atom. The Labute approximate surface area is 68.4 Å². The van der Waals surface area contributed by atoms with E-state index in [1.807, 2.05) is 0 Å². The van der Waals surface area contributed by atoms with Gasteiger partial charge in [0, 0.05) is 18.1 Å². The molecule has 11 heavy (non-hydrogen) atoms. The van der Waals surface area contributed by atoms with Gasteiger partial charge in [-0.25, -0.2) is 4.98 Å². The van der Waals surface area contributed by atoms with Crippen molar-refractivity contribution in [3.8, 4) is 0 Å². The molecule has 0 unspecified atom stereocenters. The van der Waals surface area contributed by atoms with Crippen LogP contribution >= 0.6 is 11.3 Å². The Bertz CT molecular complexity index is 258. The number of nitrogen functional groups attached to an aromatic ring is 1. The van der Waals surface area contributed by atoms with Gasteiger partial charge in [0.05, 0.1) is 6.42 Å². The van der Waals surface area contributed by atoms with Crippen molar-refractivity contribution >= 4 is 22.4 Å². The molecule has 1 aromatic heterocycles. The topological polar surface area (TPSA) is 68.0 Å². The number of aromatic nitrogens is 1. The summed E-state index contributed by atoms with van der Waals surface area (Å²) in [4.78, 5) is 15.5. The quantitative estimate of drug-likeness (QED) is 0.658. The molecule has 0 saturated carbocycles. The summed E-state index contributed by atoms with van der Waals surface area (Å²) < 4.78 is 0. The molecule has 5 heteroatoms. The summed E-state index contributed by atoms with van der Waals surface area (Å²) >= 11 is 1.34. The lowest BCUT2D eigenvalue weighted by atomic mass is 10.4. The van der Waals surface area contributed by atoms with E-state index in [0.29, 0.717) is 11.6 Å². The van der Waals surface area contributed by atoms with Crippen molar-refractivity contribution in [2.45, 2.75) is 6.42 Å². The van der Waals surface area contributed by atoms with Gasteiger partial charge < -0.3 is 11.1 Å². The second-order valence-corrected chi connectivity index (χ2v) is 3.16. The second kappa shape index (κ2) is 3.34. The van der Waals surface area contributed by atoms with Crippen molar-refractivity contribution in [3.05, 3.63) is 11.1 Å². The van der Waals surface area contributed by atoms with Gasteiger partial charge in [0.2, 0.25) is 5.91 Å². The SMILES string of the molecule is CNC(=O)Cc1cnc(N)s1. The minimum atomic E-state index is -0.0198. The summed E-state index contributed by atoms with van der Waals surface area (Å²) in [6, 6.07) is 0. The van der Waals surface area contributed by atoms with Crippen LogP contribution < -0.4 is 11.1 Å². The number of hydrogen-bond donors (Lipinski definition) is 2. The standard InChI is InChI=1S/C6H9N3OS/c1-8-5(10)2-4-3-9-6(7)11-4/h3H,2H2,1H3,(H2,7,9)(H,8,10). The van der Waals surface area contributed by atoms with Crippen LogP contribution in [-0.4, -0.2) is 17.9 Å². The molecule has 0 atom stereocenters. The second-order valence-electron chi connectivity index (χ2n) is 2.01. The number of nitrogens with two attached hydrogens (primary N) is 1. The summed E-state index contributed by atoms with van der Waals surface area (Å²) in [7, 11) is 1.60. The van der Waals surface area contributed by atoms with Crippen molar-refractivity contribution in [3.63, 3.8) is 0 Å². The largest absolute Gasteiger partial charge is 0.375 e. The number of nitrogens with zero attached hydrogens (tertiary/aromatic N) is 1. The molecule has 1 aromatic rings. The van der Waals surface area contributed by atoms with Gasteiger partial charge in [0.15, 0.2) is 5.13 Å². The predicted octanol–water partition coefficient (Wildman–Crippen LogP) is 0.0138. The van der Waals surface area contributed by atoms with Crippen LogP contribution in [0.2, 0.25) is 0 Å². The van der Waals surface area contributed by atoms with E-state index in [2.05, 4.69) is 10.3 Å². The fourth-order valence-corrected chi connectivity index (χ4v) is 1.33. The molecule has 4 nitrogen and oxygen atoms in total. The van der Waals surface area contributed by atoms with Gasteiger partial charge in [-0.2, -0.15) is 0 Å². The van der Waals surface area contributed by atoms with E-state index in [1.165, 1.54) is 11.3 Å². The first-order valence-corrected chi connectivity index (χ1v) is 3.95. The number of carbonyl (C=O) groups is 1. The number of nitrogens with one attached hydrogen (secondary N) is 1. The minimum absolute atomic E-state index is 0.0198. The van der Waals surface area contributed by atoms with Gasteiger partial charge >= 0.3 is 0 Å². The molecular formula is C6H9N3OS. The Morgan fingerprint density at radius 1 is 1.91 bits per heavy atom. The van der Waals surface area contributed by atoms with Gasteiger partial charge in [-0.3, -0.25) is 4.79 Å². The minimum Gasteiger partial charge on any atom is -0.375 e. The van der Waals surface area contributed by atoms with Crippen LogP contribution in [-0.2, 0) is 11.2 Å². The molecule has 0 aliphatic carbocycles. The average Bonchev–Trinajstić information content (AvgIpc) is 2.35. The number of amides is 1. The molecule has 0 aliphatic rings. The Kier molecular flexibility index (Phi) is 2.43. The lowest BCUT2D eigenvalue weighted by molar-refractivity contribution is -0.119. The van der Waals surface area contributed by atoms with E-state index < -0.39 is 0 Å². The zero-order valence-electron chi connectivity index (χ0n) is 6.13. The number of rotatable bonds is 2. The zero-order chi connectivity index (χ0) is 8.27. The normalized spacial score (nSPS) is 9.55. The van der Waals surface area contributed by atoms with E-state index >= 15 is 0 Å². The maximum atomic E-state index is 10.8. The van der Waals surface area contributed by atoms with Crippen molar-refractivity contribution < 1.29 is 4.79 Å². The zero-order valence-corrected chi connectivity index (χ0v) is 6.94. The van der Waals surface area contributed by atoms with Crippen molar-refractivity contribution in [1.82, 2.24) is 10.3 Å². The molecular weight excluding hydrogens is 162 g/mol. The Morgan fingerprint density at radius 3 is 3.09 bits per heavy atom. The average molecular weight is 171 g/mol. The van der Waals surface area contributed by atoms with E-state index in [4.69, 9.17) is 5.73 Å². The summed E-state index contributed by atoms with van der Waals surface area (Å²) in [5.74, 6) is -0.0198. The first-order chi connectivity index (χ1) is 5.22. The molecule has 0 fully saturated rings. The van der Waals surface area contributed by atoms with Crippen LogP contribution in [0.4, 0.5) is 5.13 Å². The van der Waals surface area contributed by atoms with E-state index in [9.17, 15) is 4.79 Å². The molecule has 1 rings (SSSR count). The van der Waals surface area contributed by atoms with Crippen molar-refractivity contribution in [2.24, 2.45) is 0 Å². The van der Waals surface area contributed by atoms with Gasteiger partial charge in [-0.05, 0) is 0 Å². The number of carbonyl (C=O) groups excluding carboxylic acids is 1. The third-order valence-electron chi connectivity index (χ3n) is 1.19. The van der Waals surface area contributed by atoms with Crippen molar-refractivity contribution in [1.29, 1.82) is 0 Å². The smallest absolute Gasteiger partial charge is 0.225 e. The monoisotopic (exact) mass is 171 g/mol. The summed E-state index contributed by atoms with van der Waals surface area (Å²) in [6.45, 7) is 0. The number of likely N-dealkylation sites (N-methyl/N-ethyl adjacent to an activating group) is 1. The van der Waals surface area contributed by atoms with Crippen LogP contribution in [0.25, 0.3) is 0 Å². The van der Waals surface area contributed by atoms with Gasteiger partial charge in [-0.15, -0.1) is 11.3 Å². The molecule has 0 aliphatic heterocycles. The molecule has 0 spiro atoms. The summed E-state index contributed by atoms with van der Waals surface area (Å²) in [5.41, 5.74) is 5.37. The lowest BCUT2D eigenvalue weighted by Crippen LogP contribution is -2.19. The third-order valence-corrected chi connectivity index (χ3v) is 2.01. The highest BCUT2D eigenvalue weighted by Crippen LogP contribution is 2.14. The molecule has 1 heterocycles. The molecule has 0 bridgehead atoms. The predicted molar refractivity (Wildman–Crippen MR) is 44.3 cm³/mol. The van der Waals surface area contributed by atoms with E-state index in [0.717, 1.165) is 4.88 Å². The van der Waals surface area contributed by atoms with Crippen LogP contribution in [0.1, 0.15) is 4.88 Å². The maximum absolute atomic E-state index is 10.8. The summed E-state index contributed by atoms with van der Waals surface area (Å²) in [6.07, 6.45) is 1.99. The van der Waals surface area contributed by atoms with Crippen LogP contribution in [0.3, 0.4) is 0 Å². The molecule has 0 radical (unpaired) electrons. The van der Waals surface area contributed by atoms with Crippen LogP contribution in [0.15, 0.2) is 6.20 Å². The molecule has 0 aromatic carbocycles. The first-order valence-electron chi connectivity index (χ1n) is 3.13. The molecule has 60 valence electrons. The van der Waals surface area contributed by atoms with Gasteiger partial charge in [0.1, 0.15) is 0 Å². The highest BCUT2D eigenvalue weighted by molar-refractivity contribution is 7.15. The van der Waals surface area contributed by atoms with E-state index in [-0.39, 0.29) is 5.91 Å². The van der Waals surface area contributed by atoms with Crippen LogP contribution in [0, 0.1) is 0 Å². The first kappa shape index (κ1) is 8.00. The summed E-state index contributed by atoms with van der Waals surface area (Å²) in [5, 5.41) is 3.03. The maximum Gasteiger partial charge on any atom is 0.225 e. The fourth-order valence-electron chi connectivity index (χ4n) is 0.651. The molecule has 0 saturated heterocycles. The molecule has 3 N–H and O–H groups in total. The molecule has 1 amide bonds. The van der Waals surface area contributed by atoms with E-state index in [1.54, 1.807) is 13.2 Å². The lowest BCUT2D eigenvalue weighted by Gasteiger charge is -1.93. The van der Waals surface area contributed by atoms with Crippen LogP contribution in [0.5, 0.6) is 0 Å². The highest BCUT2D eigenvalue weighted by atomic mass is 32.1. The van der Waals surface area contributed by atoms with Gasteiger partial charge in [0.25, 0.3) is 0 Å². The van der Waals surface area contributed by atoms with Gasteiger partial charge in [-0.1, -0.05) is 0 Å².